The van der Waals surface area contributed by atoms with E-state index >= 15 is 0 Å². The number of halogens is 1. The number of benzene rings is 1. The summed E-state index contributed by atoms with van der Waals surface area (Å²) < 4.78 is 13.3. The van der Waals surface area contributed by atoms with Gasteiger partial charge in [-0.3, -0.25) is 4.79 Å². The van der Waals surface area contributed by atoms with Crippen LogP contribution in [0, 0.1) is 17.1 Å². The van der Waals surface area contributed by atoms with Gasteiger partial charge >= 0.3 is 0 Å². The maximum atomic E-state index is 13.3. The van der Waals surface area contributed by atoms with Crippen molar-refractivity contribution in [2.75, 3.05) is 11.9 Å². The van der Waals surface area contributed by atoms with Crippen LogP contribution in [-0.4, -0.2) is 13.0 Å². The molecule has 3 nitrogen and oxygen atoms in total. The zero-order valence-corrected chi connectivity index (χ0v) is 8.40. The van der Waals surface area contributed by atoms with Crippen LogP contribution < -0.4 is 4.90 Å². The van der Waals surface area contributed by atoms with E-state index in [-0.39, 0.29) is 24.4 Å². The minimum atomic E-state index is -0.440. The summed E-state index contributed by atoms with van der Waals surface area (Å²) in [7, 11) is 1.50. The standard InChI is InChI=1S/C11H11FN2O/c1-14(11(15)7-4-8-13)10-6-3-2-5-9(10)12/h2-3,5-6H,4,7H2,1H3. The van der Waals surface area contributed by atoms with Gasteiger partial charge < -0.3 is 4.90 Å². The monoisotopic (exact) mass is 206 g/mol. The second-order valence-electron chi connectivity index (χ2n) is 3.06. The van der Waals surface area contributed by atoms with Crippen molar-refractivity contribution in [2.24, 2.45) is 0 Å². The van der Waals surface area contributed by atoms with E-state index in [9.17, 15) is 9.18 Å². The molecule has 0 aliphatic carbocycles. The van der Waals surface area contributed by atoms with E-state index in [0.29, 0.717) is 0 Å². The van der Waals surface area contributed by atoms with E-state index in [1.165, 1.54) is 24.1 Å². The zero-order valence-electron chi connectivity index (χ0n) is 8.40. The van der Waals surface area contributed by atoms with E-state index in [2.05, 4.69) is 0 Å². The average Bonchev–Trinajstić information content (AvgIpc) is 2.25. The molecule has 1 amide bonds. The molecule has 0 aliphatic heterocycles. The lowest BCUT2D eigenvalue weighted by Gasteiger charge is -2.17. The van der Waals surface area contributed by atoms with Crippen LogP contribution in [-0.2, 0) is 4.79 Å². The van der Waals surface area contributed by atoms with Crippen LogP contribution in [0.2, 0.25) is 0 Å². The summed E-state index contributed by atoms with van der Waals surface area (Å²) in [5.41, 5.74) is 0.237. The molecule has 1 aromatic rings. The van der Waals surface area contributed by atoms with Gasteiger partial charge in [0.1, 0.15) is 5.82 Å². The normalized spacial score (nSPS) is 9.40. The molecule has 0 N–H and O–H groups in total. The third-order valence-electron chi connectivity index (χ3n) is 2.04. The molecule has 0 fully saturated rings. The fourth-order valence-corrected chi connectivity index (χ4v) is 1.19. The third-order valence-corrected chi connectivity index (χ3v) is 2.04. The van der Waals surface area contributed by atoms with Crippen LogP contribution in [0.15, 0.2) is 24.3 Å². The Morgan fingerprint density at radius 3 is 2.80 bits per heavy atom. The summed E-state index contributed by atoms with van der Waals surface area (Å²) in [5.74, 6) is -0.702. The Hall–Kier alpha value is -1.89. The number of para-hydroxylation sites is 1. The minimum Gasteiger partial charge on any atom is -0.313 e. The van der Waals surface area contributed by atoms with Crippen LogP contribution >= 0.6 is 0 Å². The highest BCUT2D eigenvalue weighted by Gasteiger charge is 2.13. The summed E-state index contributed by atoms with van der Waals surface area (Å²) in [6, 6.07) is 7.92. The first-order valence-electron chi connectivity index (χ1n) is 4.55. The van der Waals surface area contributed by atoms with E-state index in [1.54, 1.807) is 12.1 Å². The topological polar surface area (TPSA) is 44.1 Å². The first-order chi connectivity index (χ1) is 7.16. The highest BCUT2D eigenvalue weighted by molar-refractivity contribution is 5.92. The van der Waals surface area contributed by atoms with Crippen molar-refractivity contribution in [3.05, 3.63) is 30.1 Å². The second kappa shape index (κ2) is 5.11. The summed E-state index contributed by atoms with van der Waals surface area (Å²) in [6.45, 7) is 0. The molecule has 78 valence electrons. The molecule has 1 aromatic carbocycles. The molecule has 0 bridgehead atoms. The highest BCUT2D eigenvalue weighted by atomic mass is 19.1. The zero-order chi connectivity index (χ0) is 11.3. The molecule has 0 unspecified atom stereocenters. The van der Waals surface area contributed by atoms with Gasteiger partial charge in [-0.15, -0.1) is 0 Å². The van der Waals surface area contributed by atoms with Crippen molar-refractivity contribution in [3.63, 3.8) is 0 Å². The first-order valence-corrected chi connectivity index (χ1v) is 4.55. The molecule has 0 heterocycles. The van der Waals surface area contributed by atoms with Gasteiger partial charge in [0.05, 0.1) is 11.8 Å². The SMILES string of the molecule is CN(C(=O)CCC#N)c1ccccc1F. The maximum absolute atomic E-state index is 13.3. The molecule has 1 rings (SSSR count). The van der Waals surface area contributed by atoms with Gasteiger partial charge in [-0.05, 0) is 12.1 Å². The Kier molecular flexibility index (Phi) is 3.81. The van der Waals surface area contributed by atoms with Crippen molar-refractivity contribution in [3.8, 4) is 6.07 Å². The van der Waals surface area contributed by atoms with Gasteiger partial charge in [0.15, 0.2) is 0 Å². The molecule has 0 saturated carbocycles. The van der Waals surface area contributed by atoms with Crippen LogP contribution in [0.4, 0.5) is 10.1 Å². The Bertz CT molecular complexity index is 398. The second-order valence-corrected chi connectivity index (χ2v) is 3.06. The summed E-state index contributed by atoms with van der Waals surface area (Å²) in [6.07, 6.45) is 0.263. The predicted octanol–water partition coefficient (Wildman–Crippen LogP) is 2.09. The van der Waals surface area contributed by atoms with Crippen molar-refractivity contribution in [1.82, 2.24) is 0 Å². The lowest BCUT2D eigenvalue weighted by atomic mass is 10.2. The van der Waals surface area contributed by atoms with Crippen molar-refractivity contribution < 1.29 is 9.18 Å². The van der Waals surface area contributed by atoms with Gasteiger partial charge in [-0.2, -0.15) is 5.26 Å². The number of amides is 1. The predicted molar refractivity (Wildman–Crippen MR) is 54.7 cm³/mol. The van der Waals surface area contributed by atoms with E-state index < -0.39 is 5.82 Å². The van der Waals surface area contributed by atoms with Crippen molar-refractivity contribution in [1.29, 1.82) is 5.26 Å². The molecule has 4 heteroatoms. The summed E-state index contributed by atoms with van der Waals surface area (Å²) >= 11 is 0. The molecule has 0 radical (unpaired) electrons. The fraction of sp³-hybridized carbons (Fsp3) is 0.273. The van der Waals surface area contributed by atoms with E-state index in [4.69, 9.17) is 5.26 Å². The number of hydrogen-bond acceptors (Lipinski definition) is 2. The summed E-state index contributed by atoms with van der Waals surface area (Å²) in [4.78, 5) is 12.7. The van der Waals surface area contributed by atoms with Gasteiger partial charge in [0, 0.05) is 19.9 Å². The average molecular weight is 206 g/mol. The van der Waals surface area contributed by atoms with Gasteiger partial charge in [0.2, 0.25) is 5.91 Å². The van der Waals surface area contributed by atoms with Gasteiger partial charge in [0.25, 0.3) is 0 Å². The Morgan fingerprint density at radius 2 is 2.20 bits per heavy atom. The van der Waals surface area contributed by atoms with Gasteiger partial charge in [-0.1, -0.05) is 12.1 Å². The molecule has 0 spiro atoms. The lowest BCUT2D eigenvalue weighted by Crippen LogP contribution is -2.26. The minimum absolute atomic E-state index is 0.112. The largest absolute Gasteiger partial charge is 0.313 e. The highest BCUT2D eigenvalue weighted by Crippen LogP contribution is 2.17. The van der Waals surface area contributed by atoms with E-state index in [0.717, 1.165) is 0 Å². The van der Waals surface area contributed by atoms with Crippen LogP contribution in [0.1, 0.15) is 12.8 Å². The number of anilines is 1. The number of carbonyl (C=O) groups is 1. The molecule has 0 saturated heterocycles. The number of hydrogen-bond donors (Lipinski definition) is 0. The van der Waals surface area contributed by atoms with Gasteiger partial charge in [-0.25, -0.2) is 4.39 Å². The number of nitriles is 1. The summed E-state index contributed by atoms with van der Waals surface area (Å²) in [5, 5.41) is 8.33. The van der Waals surface area contributed by atoms with Crippen LogP contribution in [0.25, 0.3) is 0 Å². The fourth-order valence-electron chi connectivity index (χ4n) is 1.19. The molecule has 0 atom stereocenters. The quantitative estimate of drug-likeness (QED) is 0.760. The molecule has 0 aliphatic rings. The Balaban J connectivity index is 2.77. The number of rotatable bonds is 3. The molecule has 0 aromatic heterocycles. The van der Waals surface area contributed by atoms with Crippen LogP contribution in [0.5, 0.6) is 0 Å². The number of nitrogens with zero attached hydrogens (tertiary/aromatic N) is 2. The van der Waals surface area contributed by atoms with Crippen molar-refractivity contribution in [2.45, 2.75) is 12.8 Å². The first kappa shape index (κ1) is 11.2. The lowest BCUT2D eigenvalue weighted by molar-refractivity contribution is -0.118. The maximum Gasteiger partial charge on any atom is 0.227 e. The van der Waals surface area contributed by atoms with Crippen LogP contribution in [0.3, 0.4) is 0 Å². The smallest absolute Gasteiger partial charge is 0.227 e. The Labute approximate surface area is 87.7 Å². The molecular formula is C11H11FN2O. The molecular weight excluding hydrogens is 195 g/mol. The third kappa shape index (κ3) is 2.78. The van der Waals surface area contributed by atoms with E-state index in [1.807, 2.05) is 6.07 Å². The number of carbonyl (C=O) groups excluding carboxylic acids is 1. The Morgan fingerprint density at radius 1 is 1.53 bits per heavy atom. The van der Waals surface area contributed by atoms with Crippen molar-refractivity contribution >= 4 is 11.6 Å². The molecule has 15 heavy (non-hydrogen) atoms.